The maximum absolute atomic E-state index is 12.1. The zero-order valence-electron chi connectivity index (χ0n) is 11.8. The number of aromatic nitrogens is 2. The first-order valence-electron chi connectivity index (χ1n) is 6.51. The van der Waals surface area contributed by atoms with Crippen molar-refractivity contribution in [2.24, 2.45) is 0 Å². The van der Waals surface area contributed by atoms with Crippen LogP contribution in [0.3, 0.4) is 0 Å². The first-order chi connectivity index (χ1) is 8.90. The van der Waals surface area contributed by atoms with Gasteiger partial charge in [0.1, 0.15) is 11.4 Å². The van der Waals surface area contributed by atoms with Crippen molar-refractivity contribution in [3.8, 4) is 0 Å². The molecule has 2 rings (SSSR count). The summed E-state index contributed by atoms with van der Waals surface area (Å²) in [5.74, 6) is 0.816. The van der Waals surface area contributed by atoms with E-state index in [0.29, 0.717) is 6.54 Å². The summed E-state index contributed by atoms with van der Waals surface area (Å²) in [5.41, 5.74) is -0.485. The summed E-state index contributed by atoms with van der Waals surface area (Å²) in [4.78, 5) is 16.6. The van der Waals surface area contributed by atoms with Gasteiger partial charge in [0.2, 0.25) is 5.13 Å². The third-order valence-corrected chi connectivity index (χ3v) is 3.40. The zero-order chi connectivity index (χ0) is 14.0. The third-order valence-electron chi connectivity index (χ3n) is 2.63. The Morgan fingerprint density at radius 1 is 1.42 bits per heavy atom. The van der Waals surface area contributed by atoms with E-state index in [1.165, 1.54) is 11.5 Å². The zero-order valence-corrected chi connectivity index (χ0v) is 12.7. The van der Waals surface area contributed by atoms with Gasteiger partial charge in [-0.3, -0.25) is 5.01 Å². The van der Waals surface area contributed by atoms with Crippen LogP contribution in [-0.2, 0) is 11.2 Å². The van der Waals surface area contributed by atoms with Crippen LogP contribution in [0.1, 0.15) is 39.9 Å². The number of rotatable bonds is 2. The molecule has 1 saturated heterocycles. The SMILES string of the molecule is CCc1nsc(N2CCCN2C(=O)OC(C)(C)C)n1. The third kappa shape index (κ3) is 3.34. The highest BCUT2D eigenvalue weighted by molar-refractivity contribution is 7.09. The molecule has 7 heteroatoms. The van der Waals surface area contributed by atoms with Gasteiger partial charge in [0, 0.05) is 31.0 Å². The van der Waals surface area contributed by atoms with Crippen molar-refractivity contribution < 1.29 is 9.53 Å². The second-order valence-corrected chi connectivity index (χ2v) is 6.16. The van der Waals surface area contributed by atoms with Crippen LogP contribution in [0.4, 0.5) is 9.93 Å². The molecule has 0 radical (unpaired) electrons. The summed E-state index contributed by atoms with van der Waals surface area (Å²) in [5, 5.41) is 4.25. The summed E-state index contributed by atoms with van der Waals surface area (Å²) in [6.45, 7) is 9.05. The van der Waals surface area contributed by atoms with Gasteiger partial charge in [-0.25, -0.2) is 14.8 Å². The molecular weight excluding hydrogens is 264 g/mol. The number of nitrogens with zero attached hydrogens (tertiary/aromatic N) is 4. The van der Waals surface area contributed by atoms with Crippen LogP contribution >= 0.6 is 11.5 Å². The van der Waals surface area contributed by atoms with Gasteiger partial charge >= 0.3 is 6.09 Å². The van der Waals surface area contributed by atoms with Gasteiger partial charge in [0.15, 0.2) is 0 Å². The van der Waals surface area contributed by atoms with Gasteiger partial charge in [0.05, 0.1) is 0 Å². The van der Waals surface area contributed by atoms with E-state index in [1.807, 2.05) is 32.7 Å². The number of carbonyl (C=O) groups excluding carboxylic acids is 1. The van der Waals surface area contributed by atoms with E-state index >= 15 is 0 Å². The van der Waals surface area contributed by atoms with Crippen molar-refractivity contribution >= 4 is 22.8 Å². The Bertz CT molecular complexity index is 455. The summed E-state index contributed by atoms with van der Waals surface area (Å²) < 4.78 is 9.67. The molecule has 6 nitrogen and oxygen atoms in total. The van der Waals surface area contributed by atoms with E-state index in [2.05, 4.69) is 9.36 Å². The molecule has 2 heterocycles. The monoisotopic (exact) mass is 284 g/mol. The molecule has 0 unspecified atom stereocenters. The second-order valence-electron chi connectivity index (χ2n) is 5.43. The van der Waals surface area contributed by atoms with E-state index in [1.54, 1.807) is 5.01 Å². The molecule has 1 aliphatic rings. The maximum Gasteiger partial charge on any atom is 0.429 e. The molecule has 1 aromatic heterocycles. The van der Waals surface area contributed by atoms with E-state index in [-0.39, 0.29) is 6.09 Å². The number of hydrazine groups is 1. The van der Waals surface area contributed by atoms with Crippen LogP contribution in [0, 0.1) is 0 Å². The molecule has 19 heavy (non-hydrogen) atoms. The Labute approximate surface area is 117 Å². The number of carbonyl (C=O) groups is 1. The quantitative estimate of drug-likeness (QED) is 0.835. The summed E-state index contributed by atoms with van der Waals surface area (Å²) >= 11 is 1.33. The molecule has 0 aromatic carbocycles. The van der Waals surface area contributed by atoms with Crippen LogP contribution in [0.2, 0.25) is 0 Å². The molecule has 106 valence electrons. The lowest BCUT2D eigenvalue weighted by Crippen LogP contribution is -2.44. The minimum atomic E-state index is -0.485. The lowest BCUT2D eigenvalue weighted by molar-refractivity contribution is 0.0274. The highest BCUT2D eigenvalue weighted by Gasteiger charge is 2.32. The van der Waals surface area contributed by atoms with Gasteiger partial charge in [-0.05, 0) is 27.2 Å². The first-order valence-corrected chi connectivity index (χ1v) is 7.28. The first kappa shape index (κ1) is 14.0. The fourth-order valence-corrected chi connectivity index (χ4v) is 2.60. The smallest absolute Gasteiger partial charge is 0.429 e. The molecule has 0 aliphatic carbocycles. The molecular formula is C12H20N4O2S. The summed E-state index contributed by atoms with van der Waals surface area (Å²) in [6, 6.07) is 0. The molecule has 0 N–H and O–H groups in total. The van der Waals surface area contributed by atoms with Crippen molar-refractivity contribution in [1.82, 2.24) is 14.4 Å². The Morgan fingerprint density at radius 2 is 2.16 bits per heavy atom. The molecule has 0 spiro atoms. The van der Waals surface area contributed by atoms with E-state index < -0.39 is 5.60 Å². The van der Waals surface area contributed by atoms with Gasteiger partial charge in [-0.15, -0.1) is 0 Å². The second kappa shape index (κ2) is 5.32. The highest BCUT2D eigenvalue weighted by Crippen LogP contribution is 2.25. The molecule has 1 aliphatic heterocycles. The van der Waals surface area contributed by atoms with Crippen LogP contribution in [0.5, 0.6) is 0 Å². The summed E-state index contributed by atoms with van der Waals surface area (Å²) in [6.07, 6.45) is 1.40. The van der Waals surface area contributed by atoms with E-state index in [4.69, 9.17) is 4.74 Å². The molecule has 0 bridgehead atoms. The van der Waals surface area contributed by atoms with Crippen LogP contribution in [0.25, 0.3) is 0 Å². The Kier molecular flexibility index (Phi) is 3.93. The number of hydrogen-bond donors (Lipinski definition) is 0. The van der Waals surface area contributed by atoms with Gasteiger partial charge in [-0.1, -0.05) is 6.92 Å². The van der Waals surface area contributed by atoms with E-state index in [0.717, 1.165) is 30.3 Å². The summed E-state index contributed by atoms with van der Waals surface area (Å²) in [7, 11) is 0. The average molecular weight is 284 g/mol. The van der Waals surface area contributed by atoms with Crippen molar-refractivity contribution in [2.45, 2.75) is 46.1 Å². The fourth-order valence-electron chi connectivity index (χ4n) is 1.81. The molecule has 1 amide bonds. The molecule has 0 saturated carbocycles. The fraction of sp³-hybridized carbons (Fsp3) is 0.750. The number of amides is 1. The lowest BCUT2D eigenvalue weighted by atomic mass is 10.2. The Balaban J connectivity index is 2.10. The van der Waals surface area contributed by atoms with Gasteiger partial charge in [-0.2, -0.15) is 4.37 Å². The molecule has 1 fully saturated rings. The number of aryl methyl sites for hydroxylation is 1. The van der Waals surface area contributed by atoms with Crippen LogP contribution in [-0.4, -0.2) is 39.2 Å². The van der Waals surface area contributed by atoms with Crippen molar-refractivity contribution in [3.05, 3.63) is 5.82 Å². The van der Waals surface area contributed by atoms with E-state index in [9.17, 15) is 4.79 Å². The largest absolute Gasteiger partial charge is 0.442 e. The van der Waals surface area contributed by atoms with Crippen molar-refractivity contribution in [2.75, 3.05) is 18.1 Å². The van der Waals surface area contributed by atoms with Crippen molar-refractivity contribution in [1.29, 1.82) is 0 Å². The number of hydrogen-bond acceptors (Lipinski definition) is 6. The van der Waals surface area contributed by atoms with Gasteiger partial charge < -0.3 is 4.74 Å². The topological polar surface area (TPSA) is 58.6 Å². The van der Waals surface area contributed by atoms with Crippen LogP contribution < -0.4 is 5.01 Å². The van der Waals surface area contributed by atoms with Crippen LogP contribution in [0.15, 0.2) is 0 Å². The Hall–Kier alpha value is -1.37. The standard InChI is InChI=1S/C12H20N4O2S/c1-5-9-13-10(19-14-9)15-7-6-8-16(15)11(17)18-12(2,3)4/h5-8H2,1-4H3. The van der Waals surface area contributed by atoms with Gasteiger partial charge in [0.25, 0.3) is 0 Å². The Morgan fingerprint density at radius 3 is 2.74 bits per heavy atom. The maximum atomic E-state index is 12.1. The molecule has 0 atom stereocenters. The average Bonchev–Trinajstić information content (AvgIpc) is 2.95. The normalized spacial score (nSPS) is 16.0. The lowest BCUT2D eigenvalue weighted by Gasteiger charge is -2.29. The minimum Gasteiger partial charge on any atom is -0.442 e. The highest BCUT2D eigenvalue weighted by atomic mass is 32.1. The predicted octanol–water partition coefficient (Wildman–Crippen LogP) is 2.46. The number of ether oxygens (including phenoxy) is 1. The molecule has 1 aromatic rings. The predicted molar refractivity (Wildman–Crippen MR) is 74.2 cm³/mol. The van der Waals surface area contributed by atoms with Crippen molar-refractivity contribution in [3.63, 3.8) is 0 Å². The number of anilines is 1. The minimum absolute atomic E-state index is 0.321.